The monoisotopic (exact) mass is 458 g/mol. The molecule has 32 heavy (non-hydrogen) atoms. The van der Waals surface area contributed by atoms with Gasteiger partial charge in [0, 0.05) is 25.2 Å². The summed E-state index contributed by atoms with van der Waals surface area (Å²) < 4.78 is 43.6. The van der Waals surface area contributed by atoms with Crippen LogP contribution in [0.4, 0.5) is 0 Å². The standard InChI is InChI=1S/C23H26N2O6S/c26-23(17-3-6-19(7-4-17)32(27,28)24-10-12-29-13-11-24)25-9-1-2-20(25)18-5-8-21-22(16-18)31-15-14-30-21/h3-8,16,20H,1-2,9-15H2/t20-/m0/s1. The van der Waals surface area contributed by atoms with E-state index >= 15 is 0 Å². The normalized spacial score (nSPS) is 21.5. The zero-order chi connectivity index (χ0) is 22.1. The first-order valence-corrected chi connectivity index (χ1v) is 12.4. The van der Waals surface area contributed by atoms with Crippen molar-refractivity contribution in [2.45, 2.75) is 23.8 Å². The molecule has 8 nitrogen and oxygen atoms in total. The molecule has 2 saturated heterocycles. The summed E-state index contributed by atoms with van der Waals surface area (Å²) in [6.07, 6.45) is 1.78. The number of morpholine rings is 1. The van der Waals surface area contributed by atoms with Crippen LogP contribution >= 0.6 is 0 Å². The average Bonchev–Trinajstić information content (AvgIpc) is 3.34. The first-order chi connectivity index (χ1) is 15.5. The number of hydrogen-bond donors (Lipinski definition) is 0. The van der Waals surface area contributed by atoms with Gasteiger partial charge in [-0.25, -0.2) is 8.42 Å². The summed E-state index contributed by atoms with van der Waals surface area (Å²) in [4.78, 5) is 15.3. The number of benzene rings is 2. The Kier molecular flexibility index (Phi) is 5.79. The predicted octanol–water partition coefficient (Wildman–Crippen LogP) is 2.46. The molecule has 0 radical (unpaired) electrons. The number of carbonyl (C=O) groups is 1. The zero-order valence-electron chi connectivity index (χ0n) is 17.7. The third kappa shape index (κ3) is 3.96. The molecule has 1 amide bonds. The van der Waals surface area contributed by atoms with Gasteiger partial charge in [-0.3, -0.25) is 4.79 Å². The van der Waals surface area contributed by atoms with Gasteiger partial charge in [-0.15, -0.1) is 0 Å². The molecular formula is C23H26N2O6S. The summed E-state index contributed by atoms with van der Waals surface area (Å²) >= 11 is 0. The SMILES string of the molecule is O=C(c1ccc(S(=O)(=O)N2CCOCC2)cc1)N1CCC[C@H]1c1ccc2c(c1)OCCO2. The predicted molar refractivity (Wildman–Crippen MR) is 116 cm³/mol. The number of sulfonamides is 1. The molecule has 0 spiro atoms. The van der Waals surface area contributed by atoms with Gasteiger partial charge < -0.3 is 19.1 Å². The van der Waals surface area contributed by atoms with E-state index in [4.69, 9.17) is 14.2 Å². The van der Waals surface area contributed by atoms with Gasteiger partial charge in [0.15, 0.2) is 11.5 Å². The van der Waals surface area contributed by atoms with Crippen molar-refractivity contribution in [1.82, 2.24) is 9.21 Å². The molecule has 0 N–H and O–H groups in total. The molecule has 5 rings (SSSR count). The van der Waals surface area contributed by atoms with Crippen LogP contribution in [-0.2, 0) is 14.8 Å². The van der Waals surface area contributed by atoms with E-state index in [1.807, 2.05) is 23.1 Å². The Balaban J connectivity index is 1.34. The smallest absolute Gasteiger partial charge is 0.254 e. The maximum Gasteiger partial charge on any atom is 0.254 e. The third-order valence-corrected chi connectivity index (χ3v) is 8.09. The zero-order valence-corrected chi connectivity index (χ0v) is 18.6. The lowest BCUT2D eigenvalue weighted by Gasteiger charge is -2.27. The largest absolute Gasteiger partial charge is 0.486 e. The van der Waals surface area contributed by atoms with Crippen LogP contribution in [0, 0.1) is 0 Å². The molecule has 3 heterocycles. The Labute approximate surface area is 187 Å². The minimum Gasteiger partial charge on any atom is -0.486 e. The van der Waals surface area contributed by atoms with Crippen LogP contribution in [0.3, 0.4) is 0 Å². The number of fused-ring (bicyclic) bond motifs is 1. The molecule has 0 aromatic heterocycles. The van der Waals surface area contributed by atoms with Gasteiger partial charge in [-0.2, -0.15) is 4.31 Å². The molecule has 1 atom stereocenters. The highest BCUT2D eigenvalue weighted by Gasteiger charge is 2.32. The van der Waals surface area contributed by atoms with Crippen molar-refractivity contribution in [3.63, 3.8) is 0 Å². The van der Waals surface area contributed by atoms with Crippen molar-refractivity contribution < 1.29 is 27.4 Å². The fraction of sp³-hybridized carbons (Fsp3) is 0.435. The molecular weight excluding hydrogens is 432 g/mol. The molecule has 0 aliphatic carbocycles. The maximum atomic E-state index is 13.3. The molecule has 2 aromatic rings. The van der Waals surface area contributed by atoms with E-state index in [0.717, 1.165) is 24.2 Å². The fourth-order valence-corrected chi connectivity index (χ4v) is 5.90. The van der Waals surface area contributed by atoms with Gasteiger partial charge in [0.05, 0.1) is 24.2 Å². The fourth-order valence-electron chi connectivity index (χ4n) is 4.49. The second-order valence-electron chi connectivity index (χ2n) is 8.10. The van der Waals surface area contributed by atoms with Crippen molar-refractivity contribution in [2.75, 3.05) is 46.1 Å². The lowest BCUT2D eigenvalue weighted by molar-refractivity contribution is 0.0730. The van der Waals surface area contributed by atoms with Crippen molar-refractivity contribution in [3.8, 4) is 11.5 Å². The van der Waals surface area contributed by atoms with Crippen molar-refractivity contribution in [3.05, 3.63) is 53.6 Å². The van der Waals surface area contributed by atoms with Crippen molar-refractivity contribution in [1.29, 1.82) is 0 Å². The summed E-state index contributed by atoms with van der Waals surface area (Å²) in [7, 11) is -3.58. The van der Waals surface area contributed by atoms with Gasteiger partial charge in [-0.1, -0.05) is 6.07 Å². The number of rotatable bonds is 4. The van der Waals surface area contributed by atoms with Gasteiger partial charge in [0.2, 0.25) is 10.0 Å². The Morgan fingerprint density at radius 1 is 0.875 bits per heavy atom. The Bertz CT molecular complexity index is 1100. The maximum absolute atomic E-state index is 13.3. The van der Waals surface area contributed by atoms with Crippen LogP contribution in [0.5, 0.6) is 11.5 Å². The molecule has 170 valence electrons. The Hall–Kier alpha value is -2.62. The van der Waals surface area contributed by atoms with Crippen LogP contribution in [0.2, 0.25) is 0 Å². The molecule has 0 saturated carbocycles. The second-order valence-corrected chi connectivity index (χ2v) is 10.0. The van der Waals surface area contributed by atoms with Gasteiger partial charge >= 0.3 is 0 Å². The first kappa shape index (κ1) is 21.2. The van der Waals surface area contributed by atoms with E-state index in [9.17, 15) is 13.2 Å². The van der Waals surface area contributed by atoms with E-state index in [-0.39, 0.29) is 16.8 Å². The van der Waals surface area contributed by atoms with Gasteiger partial charge in [0.25, 0.3) is 5.91 Å². The van der Waals surface area contributed by atoms with Gasteiger partial charge in [0.1, 0.15) is 13.2 Å². The number of ether oxygens (including phenoxy) is 3. The quantitative estimate of drug-likeness (QED) is 0.700. The topological polar surface area (TPSA) is 85.4 Å². The second kappa shape index (κ2) is 8.73. The highest BCUT2D eigenvalue weighted by Crippen LogP contribution is 2.38. The summed E-state index contributed by atoms with van der Waals surface area (Å²) in [5.41, 5.74) is 1.50. The van der Waals surface area contributed by atoms with Crippen LogP contribution < -0.4 is 9.47 Å². The highest BCUT2D eigenvalue weighted by atomic mass is 32.2. The summed E-state index contributed by atoms with van der Waals surface area (Å²) in [6, 6.07) is 12.1. The van der Waals surface area contributed by atoms with E-state index in [1.165, 1.54) is 16.4 Å². The number of hydrogen-bond acceptors (Lipinski definition) is 6. The lowest BCUT2D eigenvalue weighted by atomic mass is 10.0. The third-order valence-electron chi connectivity index (χ3n) is 6.17. The Morgan fingerprint density at radius 3 is 2.34 bits per heavy atom. The molecule has 0 unspecified atom stereocenters. The van der Waals surface area contributed by atoms with E-state index in [1.54, 1.807) is 12.1 Å². The molecule has 9 heteroatoms. The number of likely N-dealkylation sites (tertiary alicyclic amines) is 1. The van der Waals surface area contributed by atoms with E-state index < -0.39 is 10.0 Å². The van der Waals surface area contributed by atoms with Crippen molar-refractivity contribution >= 4 is 15.9 Å². The van der Waals surface area contributed by atoms with Crippen LogP contribution in [0.25, 0.3) is 0 Å². The molecule has 3 aliphatic rings. The molecule has 3 aliphatic heterocycles. The Morgan fingerprint density at radius 2 is 1.59 bits per heavy atom. The molecule has 2 aromatic carbocycles. The van der Waals surface area contributed by atoms with Crippen LogP contribution in [0.1, 0.15) is 34.8 Å². The lowest BCUT2D eigenvalue weighted by Crippen LogP contribution is -2.40. The van der Waals surface area contributed by atoms with E-state index in [0.29, 0.717) is 57.4 Å². The van der Waals surface area contributed by atoms with Crippen molar-refractivity contribution in [2.24, 2.45) is 0 Å². The summed E-state index contributed by atoms with van der Waals surface area (Å²) in [6.45, 7) is 3.19. The van der Waals surface area contributed by atoms with Crippen LogP contribution in [0.15, 0.2) is 47.4 Å². The number of amides is 1. The van der Waals surface area contributed by atoms with Crippen LogP contribution in [-0.4, -0.2) is 69.6 Å². The molecule has 2 fully saturated rings. The summed E-state index contributed by atoms with van der Waals surface area (Å²) in [5, 5.41) is 0. The summed E-state index contributed by atoms with van der Waals surface area (Å²) in [5.74, 6) is 1.34. The number of nitrogens with zero attached hydrogens (tertiary/aromatic N) is 2. The molecule has 0 bridgehead atoms. The van der Waals surface area contributed by atoms with E-state index in [2.05, 4.69) is 0 Å². The first-order valence-electron chi connectivity index (χ1n) is 10.9. The minimum atomic E-state index is -3.58. The average molecular weight is 459 g/mol. The van der Waals surface area contributed by atoms with Gasteiger partial charge in [-0.05, 0) is 54.8 Å². The number of carbonyl (C=O) groups excluding carboxylic acids is 1. The minimum absolute atomic E-state index is 0.0462. The highest BCUT2D eigenvalue weighted by molar-refractivity contribution is 7.89.